The van der Waals surface area contributed by atoms with Crippen molar-refractivity contribution >= 4 is 11.7 Å². The summed E-state index contributed by atoms with van der Waals surface area (Å²) in [7, 11) is 0. The third-order valence-electron chi connectivity index (χ3n) is 7.27. The Morgan fingerprint density at radius 1 is 0.878 bits per heavy atom. The van der Waals surface area contributed by atoms with E-state index in [0.29, 0.717) is 57.3 Å². The number of benzene rings is 3. The SMILES string of the molecule is O=C(CN1CCC2(CC1)OCCO2)N[C@@H](COCc1ccccc1)C(=O)Cc1ccc(Oc2ccc(F)cc2)cc1. The molecule has 3 aromatic rings. The van der Waals surface area contributed by atoms with Gasteiger partial charge in [-0.2, -0.15) is 0 Å². The van der Waals surface area contributed by atoms with Crippen LogP contribution in [0.3, 0.4) is 0 Å². The highest BCUT2D eigenvalue weighted by Crippen LogP contribution is 2.31. The number of Topliss-reactive ketones (excluding diaryl/α,β-unsaturated/α-hetero) is 1. The second-order valence-corrected chi connectivity index (χ2v) is 10.3. The molecule has 9 heteroatoms. The number of rotatable bonds is 12. The lowest BCUT2D eigenvalue weighted by molar-refractivity contribution is -0.185. The van der Waals surface area contributed by atoms with Crippen LogP contribution in [-0.4, -0.2) is 67.9 Å². The zero-order valence-electron chi connectivity index (χ0n) is 22.9. The second-order valence-electron chi connectivity index (χ2n) is 10.3. The van der Waals surface area contributed by atoms with E-state index in [1.165, 1.54) is 12.1 Å². The summed E-state index contributed by atoms with van der Waals surface area (Å²) < 4.78 is 36.3. The van der Waals surface area contributed by atoms with Crippen molar-refractivity contribution < 1.29 is 32.9 Å². The number of carbonyl (C=O) groups excluding carboxylic acids is 2. The van der Waals surface area contributed by atoms with Crippen LogP contribution in [0.4, 0.5) is 4.39 Å². The van der Waals surface area contributed by atoms with Crippen LogP contribution in [-0.2, 0) is 36.8 Å². The molecule has 1 spiro atoms. The molecule has 8 nitrogen and oxygen atoms in total. The normalized spacial score (nSPS) is 17.3. The molecule has 2 aliphatic heterocycles. The molecule has 0 aromatic heterocycles. The number of amides is 1. The third-order valence-corrected chi connectivity index (χ3v) is 7.27. The fourth-order valence-corrected chi connectivity index (χ4v) is 5.00. The molecule has 5 rings (SSSR count). The Kier molecular flexibility index (Phi) is 9.74. The first kappa shape index (κ1) is 28.9. The molecule has 41 heavy (non-hydrogen) atoms. The molecule has 1 amide bonds. The van der Waals surface area contributed by atoms with Gasteiger partial charge in [0.15, 0.2) is 11.6 Å². The summed E-state index contributed by atoms with van der Waals surface area (Å²) in [5.41, 5.74) is 1.77. The van der Waals surface area contributed by atoms with Crippen molar-refractivity contribution in [3.05, 3.63) is 95.8 Å². The van der Waals surface area contributed by atoms with E-state index in [4.69, 9.17) is 18.9 Å². The first-order chi connectivity index (χ1) is 20.0. The smallest absolute Gasteiger partial charge is 0.234 e. The van der Waals surface area contributed by atoms with E-state index < -0.39 is 11.8 Å². The zero-order valence-corrected chi connectivity index (χ0v) is 22.9. The minimum atomic E-state index is -0.793. The summed E-state index contributed by atoms with van der Waals surface area (Å²) in [4.78, 5) is 28.4. The highest BCUT2D eigenvalue weighted by atomic mass is 19.1. The van der Waals surface area contributed by atoms with E-state index in [1.54, 1.807) is 36.4 Å². The van der Waals surface area contributed by atoms with E-state index >= 15 is 0 Å². The largest absolute Gasteiger partial charge is 0.457 e. The van der Waals surface area contributed by atoms with Crippen molar-refractivity contribution in [3.8, 4) is 11.5 Å². The Bertz CT molecular complexity index is 1270. The molecule has 0 radical (unpaired) electrons. The monoisotopic (exact) mass is 562 g/mol. The van der Waals surface area contributed by atoms with Gasteiger partial charge in [0.2, 0.25) is 5.91 Å². The number of nitrogens with one attached hydrogen (secondary N) is 1. The lowest BCUT2D eigenvalue weighted by Gasteiger charge is -2.37. The molecular weight excluding hydrogens is 527 g/mol. The van der Waals surface area contributed by atoms with Crippen LogP contribution >= 0.6 is 0 Å². The summed E-state index contributed by atoms with van der Waals surface area (Å²) in [6.45, 7) is 3.17. The Hall–Kier alpha value is -3.63. The number of hydrogen-bond donors (Lipinski definition) is 1. The fraction of sp³-hybridized carbons (Fsp3) is 0.375. The lowest BCUT2D eigenvalue weighted by atomic mass is 10.0. The van der Waals surface area contributed by atoms with E-state index in [-0.39, 0.29) is 37.1 Å². The highest BCUT2D eigenvalue weighted by molar-refractivity contribution is 5.91. The Morgan fingerprint density at radius 2 is 1.51 bits per heavy atom. The van der Waals surface area contributed by atoms with Crippen LogP contribution in [0, 0.1) is 5.82 Å². The number of ether oxygens (including phenoxy) is 4. The molecule has 2 heterocycles. The molecule has 0 bridgehead atoms. The summed E-state index contributed by atoms with van der Waals surface area (Å²) in [5.74, 6) is -0.126. The summed E-state index contributed by atoms with van der Waals surface area (Å²) >= 11 is 0. The number of ketones is 1. The first-order valence-corrected chi connectivity index (χ1v) is 13.9. The molecule has 1 atom stereocenters. The summed E-state index contributed by atoms with van der Waals surface area (Å²) in [6, 6.07) is 21.8. The average molecular weight is 563 g/mol. The van der Waals surface area contributed by atoms with Gasteiger partial charge in [0.1, 0.15) is 23.4 Å². The van der Waals surface area contributed by atoms with Gasteiger partial charge in [-0.15, -0.1) is 0 Å². The van der Waals surface area contributed by atoms with Crippen molar-refractivity contribution in [1.29, 1.82) is 0 Å². The topological polar surface area (TPSA) is 86.3 Å². The van der Waals surface area contributed by atoms with Gasteiger partial charge < -0.3 is 24.3 Å². The van der Waals surface area contributed by atoms with E-state index in [2.05, 4.69) is 10.2 Å². The second kappa shape index (κ2) is 13.8. The van der Waals surface area contributed by atoms with Gasteiger partial charge in [-0.1, -0.05) is 42.5 Å². The molecule has 2 fully saturated rings. The molecule has 0 saturated carbocycles. The number of likely N-dealkylation sites (tertiary alicyclic amines) is 1. The van der Waals surface area contributed by atoms with Crippen LogP contribution < -0.4 is 10.1 Å². The van der Waals surface area contributed by atoms with Gasteiger partial charge in [0, 0.05) is 32.4 Å². The number of nitrogens with zero attached hydrogens (tertiary/aromatic N) is 1. The Morgan fingerprint density at radius 3 is 2.17 bits per heavy atom. The van der Waals surface area contributed by atoms with Crippen molar-refractivity contribution in [2.24, 2.45) is 0 Å². The summed E-state index contributed by atoms with van der Waals surface area (Å²) in [6.07, 6.45) is 1.55. The lowest BCUT2D eigenvalue weighted by Crippen LogP contribution is -2.51. The third kappa shape index (κ3) is 8.43. The molecule has 1 N–H and O–H groups in total. The minimum Gasteiger partial charge on any atom is -0.457 e. The van der Waals surface area contributed by atoms with Crippen LogP contribution in [0.25, 0.3) is 0 Å². The van der Waals surface area contributed by atoms with Crippen LogP contribution in [0.1, 0.15) is 24.0 Å². The maximum atomic E-state index is 13.4. The maximum absolute atomic E-state index is 13.4. The maximum Gasteiger partial charge on any atom is 0.234 e. The van der Waals surface area contributed by atoms with Crippen molar-refractivity contribution in [2.75, 3.05) is 39.5 Å². The number of carbonyl (C=O) groups is 2. The molecule has 2 saturated heterocycles. The summed E-state index contributed by atoms with van der Waals surface area (Å²) in [5, 5.41) is 2.91. The van der Waals surface area contributed by atoms with Gasteiger partial charge >= 0.3 is 0 Å². The molecule has 2 aliphatic rings. The number of piperidine rings is 1. The van der Waals surface area contributed by atoms with Crippen LogP contribution in [0.5, 0.6) is 11.5 Å². The van der Waals surface area contributed by atoms with E-state index in [9.17, 15) is 14.0 Å². The predicted octanol–water partition coefficient (Wildman–Crippen LogP) is 4.27. The van der Waals surface area contributed by atoms with Crippen molar-refractivity contribution in [2.45, 2.75) is 37.7 Å². The number of hydrogen-bond acceptors (Lipinski definition) is 7. The van der Waals surface area contributed by atoms with Crippen LogP contribution in [0.2, 0.25) is 0 Å². The molecule has 0 unspecified atom stereocenters. The Labute approximate surface area is 239 Å². The Balaban J connectivity index is 1.16. The average Bonchev–Trinajstić information content (AvgIpc) is 3.44. The molecule has 216 valence electrons. The standard InChI is InChI=1S/C32H35FN2O6/c33-26-8-12-28(13-9-26)41-27-10-6-24(7-11-27)20-30(36)29(23-38-22-25-4-2-1-3-5-25)34-31(37)21-35-16-14-32(15-17-35)39-18-19-40-32/h1-13,29H,14-23H2,(H,34,37)/t29-/m0/s1. The fourth-order valence-electron chi connectivity index (χ4n) is 5.00. The van der Waals surface area contributed by atoms with Gasteiger partial charge in [-0.05, 0) is 47.5 Å². The predicted molar refractivity (Wildman–Crippen MR) is 150 cm³/mol. The van der Waals surface area contributed by atoms with Crippen LogP contribution in [0.15, 0.2) is 78.9 Å². The molecule has 0 aliphatic carbocycles. The van der Waals surface area contributed by atoms with Gasteiger partial charge in [-0.3, -0.25) is 14.5 Å². The quantitative estimate of drug-likeness (QED) is 0.353. The minimum absolute atomic E-state index is 0.0655. The number of halogens is 1. The van der Waals surface area contributed by atoms with Gasteiger partial charge in [0.05, 0.1) is 33.0 Å². The molecular formula is C32H35FN2O6. The molecule has 3 aromatic carbocycles. The van der Waals surface area contributed by atoms with Crippen molar-refractivity contribution in [1.82, 2.24) is 10.2 Å². The first-order valence-electron chi connectivity index (χ1n) is 13.9. The zero-order chi connectivity index (χ0) is 28.5. The van der Waals surface area contributed by atoms with Gasteiger partial charge in [-0.25, -0.2) is 4.39 Å². The van der Waals surface area contributed by atoms with Crippen molar-refractivity contribution in [3.63, 3.8) is 0 Å². The highest BCUT2D eigenvalue weighted by Gasteiger charge is 2.40. The van der Waals surface area contributed by atoms with E-state index in [1.807, 2.05) is 30.3 Å². The van der Waals surface area contributed by atoms with E-state index in [0.717, 1.165) is 11.1 Å². The van der Waals surface area contributed by atoms with Gasteiger partial charge in [0.25, 0.3) is 0 Å².